The molecular weight excluding hydrogens is 308 g/mol. The third-order valence-electron chi connectivity index (χ3n) is 6.56. The summed E-state index contributed by atoms with van der Waals surface area (Å²) in [5, 5.41) is 9.82. The highest BCUT2D eigenvalue weighted by Gasteiger charge is 2.53. The molecule has 2 nitrogen and oxygen atoms in total. The van der Waals surface area contributed by atoms with Gasteiger partial charge in [0.25, 0.3) is 0 Å². The lowest BCUT2D eigenvalue weighted by molar-refractivity contribution is -0.154. The van der Waals surface area contributed by atoms with Crippen LogP contribution in [0, 0.1) is 23.2 Å². The first-order chi connectivity index (χ1) is 12.2. The number of aliphatic carboxylic acids is 1. The van der Waals surface area contributed by atoms with Gasteiger partial charge >= 0.3 is 5.97 Å². The Morgan fingerprint density at radius 1 is 0.920 bits per heavy atom. The zero-order valence-corrected chi connectivity index (χ0v) is 14.6. The van der Waals surface area contributed by atoms with Gasteiger partial charge in [-0.25, -0.2) is 0 Å². The molecule has 0 spiro atoms. The molecule has 25 heavy (non-hydrogen) atoms. The van der Waals surface area contributed by atoms with Gasteiger partial charge in [0.05, 0.1) is 5.92 Å². The summed E-state index contributed by atoms with van der Waals surface area (Å²) < 4.78 is 0. The van der Waals surface area contributed by atoms with E-state index in [0.717, 1.165) is 25.7 Å². The van der Waals surface area contributed by atoms with Crippen LogP contribution in [0.1, 0.15) is 36.8 Å². The minimum Gasteiger partial charge on any atom is -0.481 e. The molecule has 3 aliphatic carbocycles. The van der Waals surface area contributed by atoms with Crippen LogP contribution in [0.2, 0.25) is 0 Å². The molecule has 0 amide bonds. The van der Waals surface area contributed by atoms with Crippen molar-refractivity contribution in [2.45, 2.75) is 38.5 Å². The SMILES string of the molecule is O=C(O)C1CC2CCC1C(Cc1ccccc1)(Cc1ccccc1)C2. The highest BCUT2D eigenvalue weighted by molar-refractivity contribution is 5.71. The molecule has 0 heterocycles. The number of hydrogen-bond acceptors (Lipinski definition) is 1. The minimum atomic E-state index is -0.583. The summed E-state index contributed by atoms with van der Waals surface area (Å²) >= 11 is 0. The zero-order chi connectivity index (χ0) is 17.3. The van der Waals surface area contributed by atoms with Crippen LogP contribution in [-0.4, -0.2) is 11.1 Å². The molecule has 0 radical (unpaired) electrons. The quantitative estimate of drug-likeness (QED) is 0.837. The Bertz CT molecular complexity index is 681. The van der Waals surface area contributed by atoms with Gasteiger partial charge in [0.15, 0.2) is 0 Å². The van der Waals surface area contributed by atoms with Crippen molar-refractivity contribution in [1.82, 2.24) is 0 Å². The lowest BCUT2D eigenvalue weighted by Gasteiger charge is -2.55. The summed E-state index contributed by atoms with van der Waals surface area (Å²) in [6.45, 7) is 0. The van der Waals surface area contributed by atoms with Gasteiger partial charge in [-0.15, -0.1) is 0 Å². The highest BCUT2D eigenvalue weighted by Crippen LogP contribution is 2.58. The fourth-order valence-electron chi connectivity index (χ4n) is 5.65. The van der Waals surface area contributed by atoms with Crippen LogP contribution in [-0.2, 0) is 17.6 Å². The smallest absolute Gasteiger partial charge is 0.306 e. The van der Waals surface area contributed by atoms with Gasteiger partial charge in [-0.3, -0.25) is 4.79 Å². The number of carboxylic acids is 1. The number of carbonyl (C=O) groups is 1. The third kappa shape index (κ3) is 3.22. The van der Waals surface area contributed by atoms with Crippen LogP contribution >= 0.6 is 0 Å². The maximum absolute atomic E-state index is 11.9. The molecule has 0 saturated heterocycles. The summed E-state index contributed by atoms with van der Waals surface area (Å²) in [5.74, 6) is 0.105. The predicted octanol–water partition coefficient (Wildman–Crippen LogP) is 4.98. The molecule has 2 heteroatoms. The molecule has 3 aliphatic rings. The molecule has 0 aliphatic heterocycles. The molecule has 1 N–H and O–H groups in total. The zero-order valence-electron chi connectivity index (χ0n) is 14.6. The van der Waals surface area contributed by atoms with Crippen molar-refractivity contribution < 1.29 is 9.90 Å². The standard InChI is InChI=1S/C23H26O2/c24-22(25)20-13-19-11-12-21(20)23(16-19,14-17-7-3-1-4-8-17)15-18-9-5-2-6-10-18/h1-10,19-21H,11-16H2,(H,24,25). The number of carboxylic acid groups (broad SMARTS) is 1. The lowest BCUT2D eigenvalue weighted by Crippen LogP contribution is -2.51. The molecule has 3 saturated carbocycles. The van der Waals surface area contributed by atoms with Crippen molar-refractivity contribution in [3.8, 4) is 0 Å². The van der Waals surface area contributed by atoms with E-state index in [0.29, 0.717) is 5.92 Å². The number of rotatable bonds is 5. The van der Waals surface area contributed by atoms with Gasteiger partial charge in [-0.05, 0) is 60.5 Å². The average Bonchev–Trinajstić information content (AvgIpc) is 2.63. The topological polar surface area (TPSA) is 37.3 Å². The van der Waals surface area contributed by atoms with Crippen molar-refractivity contribution in [2.24, 2.45) is 23.2 Å². The molecule has 3 fully saturated rings. The van der Waals surface area contributed by atoms with Crippen molar-refractivity contribution in [1.29, 1.82) is 0 Å². The van der Waals surface area contributed by atoms with Gasteiger partial charge < -0.3 is 5.11 Å². The molecule has 2 bridgehead atoms. The molecule has 5 rings (SSSR count). The van der Waals surface area contributed by atoms with Crippen LogP contribution in [0.4, 0.5) is 0 Å². The summed E-state index contributed by atoms with van der Waals surface area (Å²) in [4.78, 5) is 11.9. The summed E-state index contributed by atoms with van der Waals surface area (Å²) in [6, 6.07) is 21.3. The largest absolute Gasteiger partial charge is 0.481 e. The van der Waals surface area contributed by atoms with E-state index in [2.05, 4.69) is 60.7 Å². The second-order valence-corrected chi connectivity index (χ2v) is 8.12. The Labute approximate surface area is 149 Å². The molecule has 130 valence electrons. The summed E-state index contributed by atoms with van der Waals surface area (Å²) in [6.07, 6.45) is 6.32. The molecule has 2 aromatic rings. The van der Waals surface area contributed by atoms with Gasteiger partial charge in [0, 0.05) is 0 Å². The van der Waals surface area contributed by atoms with Crippen LogP contribution in [0.15, 0.2) is 60.7 Å². The normalized spacial score (nSPS) is 27.1. The molecule has 3 unspecified atom stereocenters. The monoisotopic (exact) mass is 334 g/mol. The molecule has 3 atom stereocenters. The van der Waals surface area contributed by atoms with Crippen LogP contribution in [0.3, 0.4) is 0 Å². The van der Waals surface area contributed by atoms with Gasteiger partial charge in [0.2, 0.25) is 0 Å². The van der Waals surface area contributed by atoms with Crippen molar-refractivity contribution >= 4 is 5.97 Å². The van der Waals surface area contributed by atoms with Crippen LogP contribution in [0.25, 0.3) is 0 Å². The van der Waals surface area contributed by atoms with Crippen molar-refractivity contribution in [3.63, 3.8) is 0 Å². The first kappa shape index (κ1) is 16.4. The average molecular weight is 334 g/mol. The van der Waals surface area contributed by atoms with Crippen LogP contribution < -0.4 is 0 Å². The summed E-state index contributed by atoms with van der Waals surface area (Å²) in [7, 11) is 0. The van der Waals surface area contributed by atoms with Crippen LogP contribution in [0.5, 0.6) is 0 Å². The van der Waals surface area contributed by atoms with E-state index in [9.17, 15) is 9.90 Å². The minimum absolute atomic E-state index is 0.0763. The Kier molecular flexibility index (Phi) is 4.37. The van der Waals surface area contributed by atoms with E-state index in [1.165, 1.54) is 24.0 Å². The maximum Gasteiger partial charge on any atom is 0.306 e. The first-order valence-corrected chi connectivity index (χ1v) is 9.47. The number of benzene rings is 2. The fraction of sp³-hybridized carbons (Fsp3) is 0.435. The lowest BCUT2D eigenvalue weighted by atomic mass is 9.49. The van der Waals surface area contributed by atoms with E-state index in [-0.39, 0.29) is 17.3 Å². The van der Waals surface area contributed by atoms with E-state index < -0.39 is 5.97 Å². The first-order valence-electron chi connectivity index (χ1n) is 9.47. The third-order valence-corrected chi connectivity index (χ3v) is 6.56. The van der Waals surface area contributed by atoms with E-state index >= 15 is 0 Å². The second-order valence-electron chi connectivity index (χ2n) is 8.12. The number of fused-ring (bicyclic) bond motifs is 3. The van der Waals surface area contributed by atoms with Crippen molar-refractivity contribution in [2.75, 3.05) is 0 Å². The fourth-order valence-corrected chi connectivity index (χ4v) is 5.65. The van der Waals surface area contributed by atoms with E-state index in [1.807, 2.05) is 0 Å². The Hall–Kier alpha value is -2.09. The Balaban J connectivity index is 1.72. The van der Waals surface area contributed by atoms with E-state index in [1.54, 1.807) is 0 Å². The molecule has 0 aromatic heterocycles. The van der Waals surface area contributed by atoms with Gasteiger partial charge in [-0.1, -0.05) is 67.1 Å². The summed E-state index contributed by atoms with van der Waals surface area (Å²) in [5.41, 5.74) is 2.76. The second kappa shape index (κ2) is 6.67. The maximum atomic E-state index is 11.9. The van der Waals surface area contributed by atoms with Crippen molar-refractivity contribution in [3.05, 3.63) is 71.8 Å². The Morgan fingerprint density at radius 2 is 1.48 bits per heavy atom. The molecular formula is C23H26O2. The Morgan fingerprint density at radius 3 is 1.96 bits per heavy atom. The predicted molar refractivity (Wildman–Crippen MR) is 99.3 cm³/mol. The number of hydrogen-bond donors (Lipinski definition) is 1. The molecule has 2 aromatic carbocycles. The van der Waals surface area contributed by atoms with Gasteiger partial charge in [-0.2, -0.15) is 0 Å². The highest BCUT2D eigenvalue weighted by atomic mass is 16.4. The van der Waals surface area contributed by atoms with E-state index in [4.69, 9.17) is 0 Å². The van der Waals surface area contributed by atoms with Gasteiger partial charge in [0.1, 0.15) is 0 Å².